The van der Waals surface area contributed by atoms with Crippen LogP contribution in [0.2, 0.25) is 0 Å². The topological polar surface area (TPSA) is 63.7 Å². The van der Waals surface area contributed by atoms with E-state index in [2.05, 4.69) is 45.8 Å². The van der Waals surface area contributed by atoms with E-state index in [4.69, 9.17) is 9.47 Å². The summed E-state index contributed by atoms with van der Waals surface area (Å²) < 4.78 is 11.1. The lowest BCUT2D eigenvalue weighted by atomic mass is 9.82. The van der Waals surface area contributed by atoms with Crippen LogP contribution in [0.1, 0.15) is 84.5 Å². The Morgan fingerprint density at radius 1 is 0.833 bits per heavy atom. The van der Waals surface area contributed by atoms with Gasteiger partial charge in [-0.15, -0.1) is 0 Å². The van der Waals surface area contributed by atoms with E-state index in [0.29, 0.717) is 25.9 Å². The normalized spacial score (nSPS) is 28.8. The molecule has 3 unspecified atom stereocenters. The van der Waals surface area contributed by atoms with Gasteiger partial charge in [0.15, 0.2) is 0 Å². The zero-order chi connectivity index (χ0) is 29.7. The molecule has 4 atom stereocenters. The number of hydrogen-bond donors (Lipinski definition) is 2. The molecule has 246 valence electrons. The molecule has 0 amide bonds. The van der Waals surface area contributed by atoms with Gasteiger partial charge < -0.3 is 34.2 Å². The van der Waals surface area contributed by atoms with E-state index in [9.17, 15) is 5.11 Å². The molecule has 8 nitrogen and oxygen atoms in total. The number of rotatable bonds is 16. The molecule has 8 heteroatoms. The van der Waals surface area contributed by atoms with Crippen molar-refractivity contribution in [3.8, 4) is 0 Å². The molecule has 0 aromatic carbocycles. The molecule has 0 aromatic heterocycles. The van der Waals surface area contributed by atoms with Gasteiger partial charge in [0.2, 0.25) is 0 Å². The van der Waals surface area contributed by atoms with Crippen LogP contribution in [0.5, 0.6) is 0 Å². The van der Waals surface area contributed by atoms with Crippen LogP contribution >= 0.6 is 0 Å². The van der Waals surface area contributed by atoms with Crippen LogP contribution in [0.4, 0.5) is 0 Å². The highest BCUT2D eigenvalue weighted by molar-refractivity contribution is 4.88. The number of likely N-dealkylation sites (tertiary alicyclic amines) is 4. The summed E-state index contributed by atoms with van der Waals surface area (Å²) in [6.07, 6.45) is 14.3. The second-order valence-corrected chi connectivity index (χ2v) is 14.5. The van der Waals surface area contributed by atoms with Crippen LogP contribution in [0.15, 0.2) is 0 Å². The summed E-state index contributed by atoms with van der Waals surface area (Å²) in [5.74, 6) is 2.79. The lowest BCUT2D eigenvalue weighted by Gasteiger charge is -2.45. The van der Waals surface area contributed by atoms with Crippen molar-refractivity contribution in [3.63, 3.8) is 0 Å². The largest absolute Gasteiger partial charge is 0.379 e. The summed E-state index contributed by atoms with van der Waals surface area (Å²) in [5, 5.41) is 12.2. The van der Waals surface area contributed by atoms with Crippen LogP contribution in [-0.2, 0) is 9.47 Å². The smallest absolute Gasteiger partial charge is 0.128 e. The molecule has 4 aliphatic rings. The van der Waals surface area contributed by atoms with Crippen LogP contribution < -0.4 is 5.32 Å². The Labute approximate surface area is 258 Å². The van der Waals surface area contributed by atoms with Gasteiger partial charge in [-0.05, 0) is 155 Å². The van der Waals surface area contributed by atoms with Gasteiger partial charge in [-0.1, -0.05) is 6.92 Å². The van der Waals surface area contributed by atoms with E-state index < -0.39 is 6.23 Å². The summed E-state index contributed by atoms with van der Waals surface area (Å²) in [6.45, 7) is 17.6. The number of hydrogen-bond acceptors (Lipinski definition) is 8. The summed E-state index contributed by atoms with van der Waals surface area (Å²) in [5.41, 5.74) is 0. The van der Waals surface area contributed by atoms with E-state index in [1.165, 1.54) is 117 Å². The van der Waals surface area contributed by atoms with Gasteiger partial charge in [0.1, 0.15) is 6.23 Å². The highest BCUT2D eigenvalue weighted by Crippen LogP contribution is 2.33. The van der Waals surface area contributed by atoms with Crippen LogP contribution in [0, 0.1) is 17.8 Å². The molecule has 0 aromatic rings. The number of aliphatic hydroxyl groups excluding tert-OH is 1. The number of nitrogens with one attached hydrogen (secondary N) is 1. The molecule has 2 N–H and O–H groups in total. The Morgan fingerprint density at radius 2 is 1.52 bits per heavy atom. The maximum atomic E-state index is 9.41. The van der Waals surface area contributed by atoms with Gasteiger partial charge in [-0.25, -0.2) is 0 Å². The highest BCUT2D eigenvalue weighted by atomic mass is 16.5. The second kappa shape index (κ2) is 18.6. The standard InChI is InChI=1S/C34H67N5O3/c1-28-7-15-37(16-8-28)26-31-9-14-36(4)33(25-31)24-30-10-17-39(18-11-30)32-12-19-38(20-13-32)29(2)6-5-21-41-22-23-42-27-34(40)35-3/h28-35,40H,5-27H2,1-4H3/t29-,31?,33?,34?/m0/s1. The Balaban J connectivity index is 1.05. The zero-order valence-corrected chi connectivity index (χ0v) is 27.9. The van der Waals surface area contributed by atoms with Gasteiger partial charge in [0, 0.05) is 31.3 Å². The van der Waals surface area contributed by atoms with Crippen molar-refractivity contribution in [2.45, 2.75) is 109 Å². The van der Waals surface area contributed by atoms with Crippen molar-refractivity contribution in [1.82, 2.24) is 24.9 Å². The molecular weight excluding hydrogens is 526 g/mol. The Kier molecular flexibility index (Phi) is 15.3. The number of ether oxygens (including phenoxy) is 2. The van der Waals surface area contributed by atoms with Crippen molar-refractivity contribution in [2.75, 3.05) is 92.9 Å². The molecule has 4 aliphatic heterocycles. The fourth-order valence-electron chi connectivity index (χ4n) is 8.10. The molecule has 0 aliphatic carbocycles. The second-order valence-electron chi connectivity index (χ2n) is 14.5. The minimum Gasteiger partial charge on any atom is -0.379 e. The highest BCUT2D eigenvalue weighted by Gasteiger charge is 2.33. The lowest BCUT2D eigenvalue weighted by molar-refractivity contribution is -0.00596. The quantitative estimate of drug-likeness (QED) is 0.207. The van der Waals surface area contributed by atoms with E-state index in [-0.39, 0.29) is 0 Å². The third-order valence-electron chi connectivity index (χ3n) is 11.3. The molecule has 0 radical (unpaired) electrons. The third-order valence-corrected chi connectivity index (χ3v) is 11.3. The molecule has 0 spiro atoms. The summed E-state index contributed by atoms with van der Waals surface area (Å²) in [4.78, 5) is 11.1. The Hall–Kier alpha value is -0.320. The monoisotopic (exact) mass is 594 g/mol. The number of nitrogens with zero attached hydrogens (tertiary/aromatic N) is 4. The van der Waals surface area contributed by atoms with E-state index in [1.54, 1.807) is 7.05 Å². The van der Waals surface area contributed by atoms with Crippen LogP contribution in [0.25, 0.3) is 0 Å². The summed E-state index contributed by atoms with van der Waals surface area (Å²) >= 11 is 0. The van der Waals surface area contributed by atoms with Gasteiger partial charge in [-0.3, -0.25) is 5.32 Å². The first-order valence-electron chi connectivity index (χ1n) is 17.8. The van der Waals surface area contributed by atoms with E-state index >= 15 is 0 Å². The molecule has 4 saturated heterocycles. The molecule has 0 bridgehead atoms. The number of aliphatic hydroxyl groups is 1. The van der Waals surface area contributed by atoms with Crippen LogP contribution in [0.3, 0.4) is 0 Å². The van der Waals surface area contributed by atoms with Crippen molar-refractivity contribution >= 4 is 0 Å². The van der Waals surface area contributed by atoms with Gasteiger partial charge in [0.25, 0.3) is 0 Å². The SMILES string of the molecule is CNC(O)COCCOCCC[C@H](C)N1CCC(N2CCC(CC3CC(CN4CCC(C)CC4)CCN3C)CC2)CC1. The minimum atomic E-state index is -0.595. The van der Waals surface area contributed by atoms with Crippen molar-refractivity contribution in [1.29, 1.82) is 0 Å². The van der Waals surface area contributed by atoms with Crippen LogP contribution in [-0.4, -0.2) is 142 Å². The van der Waals surface area contributed by atoms with Gasteiger partial charge in [0.05, 0.1) is 19.8 Å². The Morgan fingerprint density at radius 3 is 2.24 bits per heavy atom. The first kappa shape index (κ1) is 34.6. The predicted molar refractivity (Wildman–Crippen MR) is 173 cm³/mol. The van der Waals surface area contributed by atoms with E-state index in [0.717, 1.165) is 42.9 Å². The fraction of sp³-hybridized carbons (Fsp3) is 1.00. The van der Waals surface area contributed by atoms with Crippen molar-refractivity contribution in [3.05, 3.63) is 0 Å². The maximum Gasteiger partial charge on any atom is 0.128 e. The lowest BCUT2D eigenvalue weighted by Crippen LogP contribution is -2.50. The van der Waals surface area contributed by atoms with E-state index in [1.807, 2.05) is 0 Å². The molecule has 42 heavy (non-hydrogen) atoms. The first-order chi connectivity index (χ1) is 20.4. The van der Waals surface area contributed by atoms with Gasteiger partial charge in [-0.2, -0.15) is 0 Å². The third kappa shape index (κ3) is 11.6. The molecule has 4 fully saturated rings. The predicted octanol–water partition coefficient (Wildman–Crippen LogP) is 3.73. The average molecular weight is 594 g/mol. The average Bonchev–Trinajstić information content (AvgIpc) is 3.01. The fourth-order valence-corrected chi connectivity index (χ4v) is 8.10. The Bertz CT molecular complexity index is 707. The zero-order valence-electron chi connectivity index (χ0n) is 27.9. The summed E-state index contributed by atoms with van der Waals surface area (Å²) in [7, 11) is 4.12. The van der Waals surface area contributed by atoms with Gasteiger partial charge >= 0.3 is 0 Å². The number of piperidine rings is 4. The first-order valence-corrected chi connectivity index (χ1v) is 17.8. The molecule has 4 rings (SSSR count). The van der Waals surface area contributed by atoms with Crippen molar-refractivity contribution < 1.29 is 14.6 Å². The summed E-state index contributed by atoms with van der Waals surface area (Å²) in [6, 6.07) is 2.25. The van der Waals surface area contributed by atoms with Crippen molar-refractivity contribution in [2.24, 2.45) is 17.8 Å². The maximum absolute atomic E-state index is 9.41. The molecule has 4 heterocycles. The molecular formula is C34H67N5O3. The minimum absolute atomic E-state index is 0.307. The number of likely N-dealkylation sites (N-methyl/N-ethyl adjacent to an activating group) is 1. The molecule has 0 saturated carbocycles.